The lowest BCUT2D eigenvalue weighted by atomic mass is 10.1. The largest absolute Gasteiger partial charge is 0.346 e. The molecule has 8 heteroatoms. The highest BCUT2D eigenvalue weighted by Gasteiger charge is 2.23. The van der Waals surface area contributed by atoms with Crippen LogP contribution in [0, 0.1) is 0 Å². The number of amides is 1. The van der Waals surface area contributed by atoms with Crippen molar-refractivity contribution in [3.8, 4) is 0 Å². The molecule has 1 aromatic rings. The summed E-state index contributed by atoms with van der Waals surface area (Å²) in [7, 11) is -3.50. The van der Waals surface area contributed by atoms with Gasteiger partial charge >= 0.3 is 0 Å². The summed E-state index contributed by atoms with van der Waals surface area (Å²) in [6, 6.07) is 5.94. The van der Waals surface area contributed by atoms with Gasteiger partial charge in [0.25, 0.3) is 5.91 Å². The zero-order valence-electron chi connectivity index (χ0n) is 14.0. The van der Waals surface area contributed by atoms with Gasteiger partial charge in [-0.2, -0.15) is 4.31 Å². The molecule has 0 atom stereocenters. The standard InChI is InChI=1S/C15H25N3O3S.ClH/c1-5-18(6-2)22(20,21)13-9-7-12(8-10-13)14(19)17-15(3,4)11-16;/h7-10H,5-6,11,16H2,1-4H3,(H,17,19);1H. The summed E-state index contributed by atoms with van der Waals surface area (Å²) in [5.74, 6) is -0.276. The maximum Gasteiger partial charge on any atom is 0.251 e. The minimum atomic E-state index is -3.50. The summed E-state index contributed by atoms with van der Waals surface area (Å²) in [6.07, 6.45) is 0. The Labute approximate surface area is 144 Å². The van der Waals surface area contributed by atoms with Crippen LogP contribution in [0.1, 0.15) is 38.1 Å². The minimum Gasteiger partial charge on any atom is -0.346 e. The topological polar surface area (TPSA) is 92.5 Å². The van der Waals surface area contributed by atoms with Crippen LogP contribution in [-0.4, -0.2) is 43.8 Å². The van der Waals surface area contributed by atoms with Gasteiger partial charge in [-0.25, -0.2) is 8.42 Å². The summed E-state index contributed by atoms with van der Waals surface area (Å²) in [4.78, 5) is 12.3. The Morgan fingerprint density at radius 1 is 1.17 bits per heavy atom. The van der Waals surface area contributed by atoms with Crippen LogP contribution in [0.3, 0.4) is 0 Å². The molecule has 0 aliphatic carbocycles. The molecular formula is C15H26ClN3O3S. The minimum absolute atomic E-state index is 0. The molecule has 0 unspecified atom stereocenters. The molecule has 0 heterocycles. The molecule has 0 saturated heterocycles. The van der Waals surface area contributed by atoms with Crippen molar-refractivity contribution >= 4 is 28.3 Å². The number of nitrogens with two attached hydrogens (primary N) is 1. The number of carbonyl (C=O) groups is 1. The highest BCUT2D eigenvalue weighted by molar-refractivity contribution is 7.89. The first-order valence-corrected chi connectivity index (χ1v) is 8.74. The number of nitrogens with one attached hydrogen (secondary N) is 1. The van der Waals surface area contributed by atoms with Crippen LogP contribution in [0.2, 0.25) is 0 Å². The van der Waals surface area contributed by atoms with Gasteiger partial charge in [-0.3, -0.25) is 4.79 Å². The molecule has 3 N–H and O–H groups in total. The van der Waals surface area contributed by atoms with Gasteiger partial charge in [-0.15, -0.1) is 12.4 Å². The summed E-state index contributed by atoms with van der Waals surface area (Å²) in [6.45, 7) is 8.36. The fourth-order valence-electron chi connectivity index (χ4n) is 1.92. The fraction of sp³-hybridized carbons (Fsp3) is 0.533. The van der Waals surface area contributed by atoms with Crippen molar-refractivity contribution in [2.45, 2.75) is 38.1 Å². The van der Waals surface area contributed by atoms with Crippen LogP contribution < -0.4 is 11.1 Å². The first-order valence-electron chi connectivity index (χ1n) is 7.30. The Bertz CT molecular complexity index is 611. The van der Waals surface area contributed by atoms with E-state index in [0.717, 1.165) is 0 Å². The third-order valence-corrected chi connectivity index (χ3v) is 5.49. The molecule has 0 aliphatic heterocycles. The van der Waals surface area contributed by atoms with Gasteiger partial charge in [0.1, 0.15) is 0 Å². The zero-order chi connectivity index (χ0) is 17.0. The van der Waals surface area contributed by atoms with Crippen LogP contribution >= 0.6 is 12.4 Å². The second kappa shape index (κ2) is 8.63. The molecule has 1 rings (SSSR count). The van der Waals surface area contributed by atoms with Crippen molar-refractivity contribution in [3.05, 3.63) is 29.8 Å². The average molecular weight is 364 g/mol. The van der Waals surface area contributed by atoms with Gasteiger partial charge in [0.15, 0.2) is 0 Å². The summed E-state index contributed by atoms with van der Waals surface area (Å²) < 4.78 is 26.1. The highest BCUT2D eigenvalue weighted by Crippen LogP contribution is 2.16. The van der Waals surface area contributed by atoms with Crippen LogP contribution in [0.25, 0.3) is 0 Å². The van der Waals surface area contributed by atoms with E-state index in [9.17, 15) is 13.2 Å². The van der Waals surface area contributed by atoms with Crippen molar-refractivity contribution in [2.24, 2.45) is 5.73 Å². The normalized spacial score (nSPS) is 11.9. The number of sulfonamides is 1. The summed E-state index contributed by atoms with van der Waals surface area (Å²) in [5, 5.41) is 2.80. The second-order valence-electron chi connectivity index (χ2n) is 5.66. The molecule has 0 fully saturated rings. The van der Waals surface area contributed by atoms with E-state index in [1.807, 2.05) is 13.8 Å². The predicted octanol–water partition coefficient (Wildman–Crippen LogP) is 1.61. The number of halogens is 1. The van der Waals surface area contributed by atoms with E-state index in [1.54, 1.807) is 13.8 Å². The van der Waals surface area contributed by atoms with Gasteiger partial charge in [0.2, 0.25) is 10.0 Å². The van der Waals surface area contributed by atoms with Crippen LogP contribution in [0.4, 0.5) is 0 Å². The number of rotatable bonds is 7. The number of benzene rings is 1. The Balaban J connectivity index is 0.00000484. The molecule has 6 nitrogen and oxygen atoms in total. The van der Waals surface area contributed by atoms with E-state index in [-0.39, 0.29) is 23.2 Å². The van der Waals surface area contributed by atoms with Crippen molar-refractivity contribution in [3.63, 3.8) is 0 Å². The number of hydrogen-bond donors (Lipinski definition) is 2. The van der Waals surface area contributed by atoms with E-state index >= 15 is 0 Å². The molecule has 1 aromatic carbocycles. The van der Waals surface area contributed by atoms with Crippen molar-refractivity contribution in [1.82, 2.24) is 9.62 Å². The van der Waals surface area contributed by atoms with E-state index in [2.05, 4.69) is 5.32 Å². The maximum absolute atomic E-state index is 12.4. The quantitative estimate of drug-likeness (QED) is 0.769. The SMILES string of the molecule is CCN(CC)S(=O)(=O)c1ccc(C(=O)NC(C)(C)CN)cc1.Cl. The van der Waals surface area contributed by atoms with Crippen LogP contribution in [-0.2, 0) is 10.0 Å². The summed E-state index contributed by atoms with van der Waals surface area (Å²) in [5.41, 5.74) is 5.47. The Morgan fingerprint density at radius 2 is 1.65 bits per heavy atom. The molecule has 0 radical (unpaired) electrons. The first-order chi connectivity index (χ1) is 10.2. The van der Waals surface area contributed by atoms with Gasteiger partial charge in [0, 0.05) is 30.7 Å². The molecule has 0 aliphatic rings. The Kier molecular flexibility index (Phi) is 8.20. The molecule has 1 amide bonds. The van der Waals surface area contributed by atoms with Crippen molar-refractivity contribution in [1.29, 1.82) is 0 Å². The fourth-order valence-corrected chi connectivity index (χ4v) is 3.38. The smallest absolute Gasteiger partial charge is 0.251 e. The van der Waals surface area contributed by atoms with Crippen LogP contribution in [0.15, 0.2) is 29.2 Å². The van der Waals surface area contributed by atoms with E-state index in [4.69, 9.17) is 5.73 Å². The molecule has 0 aromatic heterocycles. The van der Waals surface area contributed by atoms with Crippen molar-refractivity contribution < 1.29 is 13.2 Å². The first kappa shape index (κ1) is 21.9. The lowest BCUT2D eigenvalue weighted by Gasteiger charge is -2.24. The molecule has 0 saturated carbocycles. The third kappa shape index (κ3) is 5.46. The van der Waals surface area contributed by atoms with Gasteiger partial charge in [-0.1, -0.05) is 13.8 Å². The monoisotopic (exact) mass is 363 g/mol. The molecular weight excluding hydrogens is 338 g/mol. The maximum atomic E-state index is 12.4. The number of hydrogen-bond acceptors (Lipinski definition) is 4. The van der Waals surface area contributed by atoms with E-state index in [1.165, 1.54) is 28.6 Å². The van der Waals surface area contributed by atoms with E-state index in [0.29, 0.717) is 25.2 Å². The Hall–Kier alpha value is -1.15. The van der Waals surface area contributed by atoms with Gasteiger partial charge < -0.3 is 11.1 Å². The predicted molar refractivity (Wildman–Crippen MR) is 94.4 cm³/mol. The average Bonchev–Trinajstić information content (AvgIpc) is 2.48. The highest BCUT2D eigenvalue weighted by atomic mass is 35.5. The Morgan fingerprint density at radius 3 is 2.04 bits per heavy atom. The molecule has 23 heavy (non-hydrogen) atoms. The molecule has 0 bridgehead atoms. The molecule has 0 spiro atoms. The zero-order valence-corrected chi connectivity index (χ0v) is 15.6. The summed E-state index contributed by atoms with van der Waals surface area (Å²) >= 11 is 0. The third-order valence-electron chi connectivity index (χ3n) is 3.42. The second-order valence-corrected chi connectivity index (χ2v) is 7.59. The van der Waals surface area contributed by atoms with Gasteiger partial charge in [-0.05, 0) is 38.1 Å². The van der Waals surface area contributed by atoms with E-state index < -0.39 is 15.6 Å². The lowest BCUT2D eigenvalue weighted by Crippen LogP contribution is -2.48. The van der Waals surface area contributed by atoms with Crippen LogP contribution in [0.5, 0.6) is 0 Å². The lowest BCUT2D eigenvalue weighted by molar-refractivity contribution is 0.0915. The van der Waals surface area contributed by atoms with Crippen molar-refractivity contribution in [2.75, 3.05) is 19.6 Å². The molecule has 132 valence electrons. The van der Waals surface area contributed by atoms with Gasteiger partial charge in [0.05, 0.1) is 4.90 Å². The number of carbonyl (C=O) groups excluding carboxylic acids is 1. The number of nitrogens with zero attached hydrogens (tertiary/aromatic N) is 1.